The molecule has 2 aromatic rings. The number of aromatic nitrogens is 1. The van der Waals surface area contributed by atoms with Gasteiger partial charge in [-0.1, -0.05) is 19.1 Å². The van der Waals surface area contributed by atoms with Gasteiger partial charge < -0.3 is 19.8 Å². The fourth-order valence-electron chi connectivity index (χ4n) is 1.96. The van der Waals surface area contributed by atoms with Crippen molar-refractivity contribution in [1.82, 2.24) is 15.6 Å². The van der Waals surface area contributed by atoms with Crippen molar-refractivity contribution in [2.45, 2.75) is 26.4 Å². The number of hydrogen-bond acceptors (Lipinski definition) is 5. The Morgan fingerprint density at radius 1 is 1.12 bits per heavy atom. The van der Waals surface area contributed by atoms with E-state index in [-0.39, 0.29) is 12.5 Å². The predicted molar refractivity (Wildman–Crippen MR) is 91.7 cm³/mol. The molecule has 0 aliphatic rings. The van der Waals surface area contributed by atoms with Crippen LogP contribution in [0.1, 0.15) is 24.1 Å². The molecule has 0 bridgehead atoms. The average molecular weight is 343 g/mol. The maximum absolute atomic E-state index is 11.7. The molecular weight excluding hydrogens is 322 g/mol. The summed E-state index contributed by atoms with van der Waals surface area (Å²) in [6.07, 6.45) is 4.73. The maximum atomic E-state index is 11.7. The minimum atomic E-state index is -0.393. The SMILES string of the molecule is CCc1cnc(CNC(=O)/C=C/C(=O)NCc2ccc(OC)cc2)o1. The van der Waals surface area contributed by atoms with E-state index in [0.717, 1.165) is 23.5 Å². The Morgan fingerprint density at radius 2 is 1.76 bits per heavy atom. The van der Waals surface area contributed by atoms with Crippen molar-refractivity contribution >= 4 is 11.8 Å². The number of carbonyl (C=O) groups is 2. The Kier molecular flexibility index (Phi) is 6.76. The van der Waals surface area contributed by atoms with Crippen molar-refractivity contribution in [3.05, 3.63) is 59.8 Å². The Hall–Kier alpha value is -3.09. The quantitative estimate of drug-likeness (QED) is 0.712. The van der Waals surface area contributed by atoms with Crippen molar-refractivity contribution in [2.24, 2.45) is 0 Å². The van der Waals surface area contributed by atoms with Crippen molar-refractivity contribution in [3.63, 3.8) is 0 Å². The summed E-state index contributed by atoms with van der Waals surface area (Å²) in [5.74, 6) is 1.20. The topological polar surface area (TPSA) is 93.5 Å². The van der Waals surface area contributed by atoms with Crippen LogP contribution in [0.2, 0.25) is 0 Å². The van der Waals surface area contributed by atoms with Gasteiger partial charge in [-0.25, -0.2) is 4.98 Å². The first-order chi connectivity index (χ1) is 12.1. The number of hydrogen-bond donors (Lipinski definition) is 2. The van der Waals surface area contributed by atoms with E-state index in [1.165, 1.54) is 12.2 Å². The highest BCUT2D eigenvalue weighted by atomic mass is 16.5. The largest absolute Gasteiger partial charge is 0.497 e. The molecule has 132 valence electrons. The van der Waals surface area contributed by atoms with Crippen LogP contribution in [0.4, 0.5) is 0 Å². The van der Waals surface area contributed by atoms with E-state index in [0.29, 0.717) is 12.4 Å². The van der Waals surface area contributed by atoms with E-state index in [2.05, 4.69) is 15.6 Å². The molecule has 1 heterocycles. The molecular formula is C18H21N3O4. The van der Waals surface area contributed by atoms with Gasteiger partial charge in [-0.15, -0.1) is 0 Å². The molecule has 0 radical (unpaired) electrons. The molecule has 7 nitrogen and oxygen atoms in total. The van der Waals surface area contributed by atoms with Gasteiger partial charge in [-0.2, -0.15) is 0 Å². The van der Waals surface area contributed by atoms with Crippen LogP contribution in [-0.4, -0.2) is 23.9 Å². The van der Waals surface area contributed by atoms with Crippen molar-refractivity contribution < 1.29 is 18.7 Å². The zero-order chi connectivity index (χ0) is 18.1. The third-order valence-electron chi connectivity index (χ3n) is 3.38. The number of benzene rings is 1. The molecule has 0 saturated heterocycles. The lowest BCUT2D eigenvalue weighted by Crippen LogP contribution is -2.23. The third-order valence-corrected chi connectivity index (χ3v) is 3.38. The van der Waals surface area contributed by atoms with Gasteiger partial charge in [0.05, 0.1) is 19.9 Å². The first-order valence-corrected chi connectivity index (χ1v) is 7.91. The highest BCUT2D eigenvalue weighted by molar-refractivity contribution is 5.96. The number of ether oxygens (including phenoxy) is 1. The fourth-order valence-corrected chi connectivity index (χ4v) is 1.96. The van der Waals surface area contributed by atoms with Gasteiger partial charge in [0.2, 0.25) is 17.7 Å². The molecule has 1 aromatic heterocycles. The summed E-state index contributed by atoms with van der Waals surface area (Å²) < 4.78 is 10.4. The summed E-state index contributed by atoms with van der Waals surface area (Å²) in [4.78, 5) is 27.4. The number of carbonyl (C=O) groups excluding carboxylic acids is 2. The lowest BCUT2D eigenvalue weighted by atomic mass is 10.2. The van der Waals surface area contributed by atoms with E-state index in [9.17, 15) is 9.59 Å². The van der Waals surface area contributed by atoms with E-state index in [1.807, 2.05) is 31.2 Å². The van der Waals surface area contributed by atoms with Crippen LogP contribution in [0.15, 0.2) is 47.0 Å². The van der Waals surface area contributed by atoms with Crippen LogP contribution >= 0.6 is 0 Å². The molecule has 0 unspecified atom stereocenters. The Labute approximate surface area is 146 Å². The molecule has 0 aliphatic heterocycles. The first-order valence-electron chi connectivity index (χ1n) is 7.91. The lowest BCUT2D eigenvalue weighted by molar-refractivity contribution is -0.118. The van der Waals surface area contributed by atoms with E-state index in [1.54, 1.807) is 13.3 Å². The molecule has 1 aromatic carbocycles. The molecule has 0 atom stereocenters. The number of amides is 2. The van der Waals surface area contributed by atoms with Crippen LogP contribution in [0, 0.1) is 0 Å². The van der Waals surface area contributed by atoms with Crippen molar-refractivity contribution in [2.75, 3.05) is 7.11 Å². The van der Waals surface area contributed by atoms with Crippen LogP contribution in [0.5, 0.6) is 5.75 Å². The summed E-state index contributed by atoms with van der Waals surface area (Å²) in [5.41, 5.74) is 0.933. The number of nitrogens with one attached hydrogen (secondary N) is 2. The Morgan fingerprint density at radius 3 is 2.32 bits per heavy atom. The number of oxazole rings is 1. The van der Waals surface area contributed by atoms with Crippen LogP contribution < -0.4 is 15.4 Å². The number of nitrogens with zero attached hydrogens (tertiary/aromatic N) is 1. The van der Waals surface area contributed by atoms with Crippen LogP contribution in [0.25, 0.3) is 0 Å². The van der Waals surface area contributed by atoms with E-state index < -0.39 is 5.91 Å². The number of rotatable bonds is 8. The minimum Gasteiger partial charge on any atom is -0.497 e. The van der Waals surface area contributed by atoms with Gasteiger partial charge in [0.25, 0.3) is 0 Å². The van der Waals surface area contributed by atoms with Gasteiger partial charge in [-0.3, -0.25) is 9.59 Å². The molecule has 2 N–H and O–H groups in total. The monoisotopic (exact) mass is 343 g/mol. The summed E-state index contributed by atoms with van der Waals surface area (Å²) in [6.45, 7) is 2.50. The number of aryl methyl sites for hydroxylation is 1. The fraction of sp³-hybridized carbons (Fsp3) is 0.278. The number of methoxy groups -OCH3 is 1. The average Bonchev–Trinajstić information content (AvgIpc) is 3.11. The molecule has 2 rings (SSSR count). The molecule has 0 fully saturated rings. The second-order valence-electron chi connectivity index (χ2n) is 5.19. The Balaban J connectivity index is 1.71. The van der Waals surface area contributed by atoms with E-state index >= 15 is 0 Å². The van der Waals surface area contributed by atoms with E-state index in [4.69, 9.17) is 9.15 Å². The standard InChI is InChI=1S/C18H21N3O4/c1-3-14-11-21-18(25-14)12-20-17(23)9-8-16(22)19-10-13-4-6-15(24-2)7-5-13/h4-9,11H,3,10,12H2,1-2H3,(H,19,22)(H,20,23)/b9-8+. The van der Waals surface area contributed by atoms with Crippen LogP contribution in [0.3, 0.4) is 0 Å². The van der Waals surface area contributed by atoms with Crippen molar-refractivity contribution in [3.8, 4) is 5.75 Å². The zero-order valence-electron chi connectivity index (χ0n) is 14.2. The van der Waals surface area contributed by atoms with Gasteiger partial charge in [0, 0.05) is 25.1 Å². The van der Waals surface area contributed by atoms with Gasteiger partial charge >= 0.3 is 0 Å². The van der Waals surface area contributed by atoms with Gasteiger partial charge in [-0.05, 0) is 17.7 Å². The van der Waals surface area contributed by atoms with Crippen molar-refractivity contribution in [1.29, 1.82) is 0 Å². The normalized spacial score (nSPS) is 10.6. The summed E-state index contributed by atoms with van der Waals surface area (Å²) >= 11 is 0. The molecule has 7 heteroatoms. The Bertz CT molecular complexity index is 735. The molecule has 2 amide bonds. The highest BCUT2D eigenvalue weighted by Gasteiger charge is 2.04. The van der Waals surface area contributed by atoms with Crippen LogP contribution in [-0.2, 0) is 29.1 Å². The molecule has 0 aliphatic carbocycles. The van der Waals surface area contributed by atoms with Gasteiger partial charge in [0.15, 0.2) is 0 Å². The summed E-state index contributed by atoms with van der Waals surface area (Å²) in [5, 5.41) is 5.30. The first kappa shape index (κ1) is 18.3. The summed E-state index contributed by atoms with van der Waals surface area (Å²) in [7, 11) is 1.59. The molecule has 0 saturated carbocycles. The minimum absolute atomic E-state index is 0.177. The predicted octanol–water partition coefficient (Wildman–Crippen LogP) is 1.73. The van der Waals surface area contributed by atoms with Gasteiger partial charge in [0.1, 0.15) is 11.5 Å². The second kappa shape index (κ2) is 9.27. The summed E-state index contributed by atoms with van der Waals surface area (Å²) in [6, 6.07) is 7.35. The molecule has 25 heavy (non-hydrogen) atoms. The third kappa shape index (κ3) is 6.14. The smallest absolute Gasteiger partial charge is 0.244 e. The zero-order valence-corrected chi connectivity index (χ0v) is 14.2. The maximum Gasteiger partial charge on any atom is 0.244 e. The lowest BCUT2D eigenvalue weighted by Gasteiger charge is -2.04. The molecule has 0 spiro atoms. The second-order valence-corrected chi connectivity index (χ2v) is 5.19. The highest BCUT2D eigenvalue weighted by Crippen LogP contribution is 2.10.